The number of benzene rings is 1. The molecule has 4 heterocycles. The van der Waals surface area contributed by atoms with Crippen molar-refractivity contribution in [3.8, 4) is 6.07 Å². The van der Waals surface area contributed by atoms with Crippen molar-refractivity contribution in [3.63, 3.8) is 0 Å². The van der Waals surface area contributed by atoms with Crippen LogP contribution in [0.3, 0.4) is 0 Å². The quantitative estimate of drug-likeness (QED) is 0.622. The normalized spacial score (nSPS) is 14.7. The van der Waals surface area contributed by atoms with Crippen molar-refractivity contribution >= 4 is 21.9 Å². The van der Waals surface area contributed by atoms with Gasteiger partial charge < -0.3 is 9.72 Å². The molecule has 4 aromatic rings. The molecule has 0 amide bonds. The molecule has 3 aromatic heterocycles. The van der Waals surface area contributed by atoms with Gasteiger partial charge in [-0.05, 0) is 23.8 Å². The van der Waals surface area contributed by atoms with Gasteiger partial charge in [0.25, 0.3) is 0 Å². The first-order valence-corrected chi connectivity index (χ1v) is 8.08. The van der Waals surface area contributed by atoms with Crippen molar-refractivity contribution < 1.29 is 4.74 Å². The number of aromatic amines is 1. The van der Waals surface area contributed by atoms with E-state index in [0.717, 1.165) is 46.5 Å². The highest BCUT2D eigenvalue weighted by Crippen LogP contribution is 2.24. The van der Waals surface area contributed by atoms with Crippen molar-refractivity contribution in [2.24, 2.45) is 0 Å². The number of hydrogen-bond donors (Lipinski definition) is 1. The molecule has 0 atom stereocenters. The Hall–Kier alpha value is -3.24. The lowest BCUT2D eigenvalue weighted by molar-refractivity contribution is -0.0286. The predicted molar refractivity (Wildman–Crippen MR) is 91.0 cm³/mol. The Balaban J connectivity index is 1.52. The average Bonchev–Trinajstić information content (AvgIpc) is 3.20. The molecule has 0 saturated carbocycles. The fourth-order valence-electron chi connectivity index (χ4n) is 3.10. The van der Waals surface area contributed by atoms with Gasteiger partial charge in [-0.2, -0.15) is 10.4 Å². The molecule has 1 N–H and O–H groups in total. The molecule has 1 saturated heterocycles. The molecule has 7 nitrogen and oxygen atoms in total. The maximum atomic E-state index is 9.12. The van der Waals surface area contributed by atoms with Gasteiger partial charge in [-0.1, -0.05) is 0 Å². The SMILES string of the molecule is N#Cc1ccc2ncc3[nH]c(Cc4cnn(C5COC5)c4)nc3c2c1. The minimum Gasteiger partial charge on any atom is -0.377 e. The molecule has 7 heteroatoms. The Kier molecular flexibility index (Phi) is 3.05. The van der Waals surface area contributed by atoms with E-state index in [4.69, 9.17) is 15.0 Å². The molecule has 0 radical (unpaired) electrons. The van der Waals surface area contributed by atoms with E-state index in [2.05, 4.69) is 21.1 Å². The summed E-state index contributed by atoms with van der Waals surface area (Å²) in [6.07, 6.45) is 6.37. The highest BCUT2D eigenvalue weighted by molar-refractivity contribution is 6.02. The Morgan fingerprint density at radius 2 is 2.24 bits per heavy atom. The summed E-state index contributed by atoms with van der Waals surface area (Å²) < 4.78 is 7.16. The zero-order chi connectivity index (χ0) is 16.8. The Labute approximate surface area is 142 Å². The maximum Gasteiger partial charge on any atom is 0.111 e. The number of nitriles is 1. The summed E-state index contributed by atoms with van der Waals surface area (Å²) in [7, 11) is 0. The largest absolute Gasteiger partial charge is 0.377 e. The molecule has 0 bridgehead atoms. The van der Waals surface area contributed by atoms with Gasteiger partial charge >= 0.3 is 0 Å². The van der Waals surface area contributed by atoms with E-state index in [-0.39, 0.29) is 0 Å². The fraction of sp³-hybridized carbons (Fsp3) is 0.222. The number of fused-ring (bicyclic) bond motifs is 3. The minimum atomic E-state index is 0.349. The van der Waals surface area contributed by atoms with Gasteiger partial charge in [-0.25, -0.2) is 4.98 Å². The second-order valence-electron chi connectivity index (χ2n) is 6.24. The van der Waals surface area contributed by atoms with Crippen molar-refractivity contribution in [2.45, 2.75) is 12.5 Å². The van der Waals surface area contributed by atoms with Crippen LogP contribution < -0.4 is 0 Å². The van der Waals surface area contributed by atoms with E-state index in [1.54, 1.807) is 12.3 Å². The lowest BCUT2D eigenvalue weighted by atomic mass is 10.1. The average molecular weight is 330 g/mol. The minimum absolute atomic E-state index is 0.349. The van der Waals surface area contributed by atoms with Crippen LogP contribution in [0.15, 0.2) is 36.8 Å². The van der Waals surface area contributed by atoms with Gasteiger partial charge in [0.05, 0.1) is 59.8 Å². The standard InChI is InChI=1S/C18H14N6O/c19-5-11-1-2-15-14(3-11)18-16(7-20-15)22-17(23-18)4-12-6-21-24(8-12)13-9-25-10-13/h1-3,6-8,13H,4,9-10H2,(H,22,23). The summed E-state index contributed by atoms with van der Waals surface area (Å²) >= 11 is 0. The van der Waals surface area contributed by atoms with Crippen LogP contribution in [0.2, 0.25) is 0 Å². The lowest BCUT2D eigenvalue weighted by Gasteiger charge is -2.25. The third-order valence-corrected chi connectivity index (χ3v) is 4.52. The monoisotopic (exact) mass is 330 g/mol. The smallest absolute Gasteiger partial charge is 0.111 e. The Bertz CT molecular complexity index is 1130. The van der Waals surface area contributed by atoms with Crippen LogP contribution in [-0.2, 0) is 11.2 Å². The topological polar surface area (TPSA) is 92.4 Å². The molecule has 0 aliphatic carbocycles. The molecule has 5 rings (SSSR count). The van der Waals surface area contributed by atoms with Gasteiger partial charge in [0, 0.05) is 18.0 Å². The van der Waals surface area contributed by atoms with E-state index >= 15 is 0 Å². The van der Waals surface area contributed by atoms with E-state index in [1.807, 2.05) is 29.2 Å². The number of hydrogen-bond acceptors (Lipinski definition) is 5. The highest BCUT2D eigenvalue weighted by atomic mass is 16.5. The molecule has 0 spiro atoms. The molecule has 1 aliphatic heterocycles. The first-order valence-electron chi connectivity index (χ1n) is 8.08. The second kappa shape index (κ2) is 5.40. The van der Waals surface area contributed by atoms with Crippen LogP contribution >= 0.6 is 0 Å². The zero-order valence-corrected chi connectivity index (χ0v) is 13.3. The van der Waals surface area contributed by atoms with Crippen molar-refractivity contribution in [1.29, 1.82) is 5.26 Å². The number of rotatable bonds is 3. The van der Waals surface area contributed by atoms with Crippen LogP contribution in [-0.4, -0.2) is 37.9 Å². The number of aromatic nitrogens is 5. The van der Waals surface area contributed by atoms with Crippen molar-refractivity contribution in [3.05, 3.63) is 53.7 Å². The summed E-state index contributed by atoms with van der Waals surface area (Å²) in [6, 6.07) is 7.98. The van der Waals surface area contributed by atoms with Crippen molar-refractivity contribution in [1.82, 2.24) is 24.7 Å². The number of nitrogens with zero attached hydrogens (tertiary/aromatic N) is 5. The van der Waals surface area contributed by atoms with E-state index < -0.39 is 0 Å². The van der Waals surface area contributed by atoms with E-state index in [1.165, 1.54) is 0 Å². The van der Waals surface area contributed by atoms with Crippen LogP contribution in [0, 0.1) is 11.3 Å². The molecule has 1 fully saturated rings. The first-order chi connectivity index (χ1) is 12.3. The van der Waals surface area contributed by atoms with Gasteiger partial charge in [0.1, 0.15) is 5.82 Å². The Morgan fingerprint density at radius 1 is 1.32 bits per heavy atom. The fourth-order valence-corrected chi connectivity index (χ4v) is 3.10. The molecular weight excluding hydrogens is 316 g/mol. The van der Waals surface area contributed by atoms with Gasteiger partial charge in [0.15, 0.2) is 0 Å². The summed E-state index contributed by atoms with van der Waals surface area (Å²) in [5.74, 6) is 0.857. The Morgan fingerprint density at radius 3 is 3.04 bits per heavy atom. The van der Waals surface area contributed by atoms with E-state index in [0.29, 0.717) is 18.0 Å². The summed E-state index contributed by atoms with van der Waals surface area (Å²) in [5, 5.41) is 14.4. The number of H-pyrrole nitrogens is 1. The molecule has 1 aliphatic rings. The summed E-state index contributed by atoms with van der Waals surface area (Å²) in [6.45, 7) is 1.45. The molecule has 122 valence electrons. The van der Waals surface area contributed by atoms with Gasteiger partial charge in [-0.15, -0.1) is 0 Å². The molecule has 0 unspecified atom stereocenters. The third-order valence-electron chi connectivity index (χ3n) is 4.52. The van der Waals surface area contributed by atoms with Crippen LogP contribution in [0.25, 0.3) is 21.9 Å². The molecule has 25 heavy (non-hydrogen) atoms. The number of ether oxygens (including phenoxy) is 1. The highest BCUT2D eigenvalue weighted by Gasteiger charge is 2.21. The molecule has 1 aromatic carbocycles. The second-order valence-corrected chi connectivity index (χ2v) is 6.24. The molecular formula is C18H14N6O. The zero-order valence-electron chi connectivity index (χ0n) is 13.3. The van der Waals surface area contributed by atoms with Crippen LogP contribution in [0.1, 0.15) is 23.0 Å². The number of imidazole rings is 1. The number of nitrogens with one attached hydrogen (secondary N) is 1. The van der Waals surface area contributed by atoms with Gasteiger partial charge in [-0.3, -0.25) is 9.67 Å². The number of pyridine rings is 1. The predicted octanol–water partition coefficient (Wildman–Crippen LogP) is 2.34. The third kappa shape index (κ3) is 2.35. The van der Waals surface area contributed by atoms with Crippen LogP contribution in [0.4, 0.5) is 0 Å². The summed E-state index contributed by atoms with van der Waals surface area (Å²) in [5.41, 5.74) is 4.26. The lowest BCUT2D eigenvalue weighted by Crippen LogP contribution is -2.30. The van der Waals surface area contributed by atoms with Crippen molar-refractivity contribution in [2.75, 3.05) is 13.2 Å². The van der Waals surface area contributed by atoms with E-state index in [9.17, 15) is 0 Å². The van der Waals surface area contributed by atoms with Gasteiger partial charge in [0.2, 0.25) is 0 Å². The van der Waals surface area contributed by atoms with Crippen LogP contribution in [0.5, 0.6) is 0 Å². The maximum absolute atomic E-state index is 9.12. The first kappa shape index (κ1) is 14.1. The summed E-state index contributed by atoms with van der Waals surface area (Å²) in [4.78, 5) is 12.5.